The number of hydrogen-bond donors (Lipinski definition) is 2. The highest BCUT2D eigenvalue weighted by Gasteiger charge is 2.32. The molecule has 1 aromatic rings. The summed E-state index contributed by atoms with van der Waals surface area (Å²) in [5, 5.41) is 3.42. The van der Waals surface area contributed by atoms with Crippen LogP contribution in [0.1, 0.15) is 31.6 Å². The van der Waals surface area contributed by atoms with Crippen molar-refractivity contribution in [2.75, 3.05) is 13.1 Å². The average Bonchev–Trinajstić information content (AvgIpc) is 2.75. The van der Waals surface area contributed by atoms with Crippen LogP contribution in [0.5, 0.6) is 0 Å². The summed E-state index contributed by atoms with van der Waals surface area (Å²) in [5.41, 5.74) is 0.131. The fourth-order valence-electron chi connectivity index (χ4n) is 2.44. The van der Waals surface area contributed by atoms with Gasteiger partial charge in [-0.1, -0.05) is 13.8 Å². The Bertz CT molecular complexity index is 535. The standard InChI is InChI=1S/C13H22N2O2S2/c1-10-5-6-12(18-10)19(16,17)15-9-11-13(2,3)7-4-8-14-11/h5-6,11,14-15H,4,7-9H2,1-3H3. The highest BCUT2D eigenvalue weighted by Crippen LogP contribution is 2.30. The maximum absolute atomic E-state index is 12.2. The van der Waals surface area contributed by atoms with E-state index in [2.05, 4.69) is 23.9 Å². The molecule has 0 saturated carbocycles. The molecule has 1 atom stereocenters. The zero-order chi connectivity index (χ0) is 14.1. The van der Waals surface area contributed by atoms with Gasteiger partial charge in [0.25, 0.3) is 0 Å². The summed E-state index contributed by atoms with van der Waals surface area (Å²) >= 11 is 1.31. The third kappa shape index (κ3) is 3.56. The summed E-state index contributed by atoms with van der Waals surface area (Å²) in [7, 11) is -3.36. The van der Waals surface area contributed by atoms with Crippen LogP contribution in [0.25, 0.3) is 0 Å². The second kappa shape index (κ2) is 5.52. The molecule has 2 heterocycles. The van der Waals surface area contributed by atoms with E-state index in [-0.39, 0.29) is 11.5 Å². The van der Waals surface area contributed by atoms with Gasteiger partial charge in [0.15, 0.2) is 0 Å². The molecule has 4 nitrogen and oxygen atoms in total. The van der Waals surface area contributed by atoms with Gasteiger partial charge in [-0.25, -0.2) is 13.1 Å². The monoisotopic (exact) mass is 302 g/mol. The van der Waals surface area contributed by atoms with Crippen molar-refractivity contribution in [2.24, 2.45) is 5.41 Å². The minimum absolute atomic E-state index is 0.131. The first-order valence-electron chi connectivity index (χ1n) is 6.61. The van der Waals surface area contributed by atoms with Crippen molar-refractivity contribution >= 4 is 21.4 Å². The molecular formula is C13H22N2O2S2. The topological polar surface area (TPSA) is 58.2 Å². The van der Waals surface area contributed by atoms with Gasteiger partial charge in [0.1, 0.15) is 4.21 Å². The molecule has 2 N–H and O–H groups in total. The van der Waals surface area contributed by atoms with E-state index in [9.17, 15) is 8.42 Å². The van der Waals surface area contributed by atoms with Gasteiger partial charge in [-0.3, -0.25) is 0 Å². The van der Waals surface area contributed by atoms with E-state index in [0.717, 1.165) is 24.3 Å². The van der Waals surface area contributed by atoms with Crippen molar-refractivity contribution in [2.45, 2.75) is 43.9 Å². The Balaban J connectivity index is 2.02. The highest BCUT2D eigenvalue weighted by atomic mass is 32.2. The van der Waals surface area contributed by atoms with Gasteiger partial charge in [-0.15, -0.1) is 11.3 Å². The zero-order valence-corrected chi connectivity index (χ0v) is 13.3. The van der Waals surface area contributed by atoms with Gasteiger partial charge in [0, 0.05) is 17.5 Å². The number of aryl methyl sites for hydroxylation is 1. The van der Waals surface area contributed by atoms with Gasteiger partial charge in [0.2, 0.25) is 10.0 Å². The van der Waals surface area contributed by atoms with Crippen LogP contribution < -0.4 is 10.0 Å². The molecule has 19 heavy (non-hydrogen) atoms. The summed E-state index contributed by atoms with van der Waals surface area (Å²) in [6, 6.07) is 3.70. The number of sulfonamides is 1. The Kier molecular flexibility index (Phi) is 4.35. The molecule has 1 unspecified atom stereocenters. The van der Waals surface area contributed by atoms with Gasteiger partial charge < -0.3 is 5.32 Å². The van der Waals surface area contributed by atoms with Gasteiger partial charge in [0.05, 0.1) is 0 Å². The Labute approximate surface area is 119 Å². The number of rotatable bonds is 4. The third-order valence-electron chi connectivity index (χ3n) is 3.79. The lowest BCUT2D eigenvalue weighted by atomic mass is 9.78. The molecule has 1 fully saturated rings. The van der Waals surface area contributed by atoms with Crippen LogP contribution in [0.2, 0.25) is 0 Å². The third-order valence-corrected chi connectivity index (χ3v) is 6.71. The van der Waals surface area contributed by atoms with E-state index >= 15 is 0 Å². The zero-order valence-electron chi connectivity index (χ0n) is 11.7. The van der Waals surface area contributed by atoms with Gasteiger partial charge in [-0.2, -0.15) is 0 Å². The molecule has 6 heteroatoms. The number of hydrogen-bond acceptors (Lipinski definition) is 4. The first-order valence-corrected chi connectivity index (χ1v) is 8.91. The van der Waals surface area contributed by atoms with Gasteiger partial charge >= 0.3 is 0 Å². The number of thiophene rings is 1. The van der Waals surface area contributed by atoms with Crippen molar-refractivity contribution in [3.05, 3.63) is 17.0 Å². The maximum Gasteiger partial charge on any atom is 0.250 e. The lowest BCUT2D eigenvalue weighted by molar-refractivity contribution is 0.182. The first kappa shape index (κ1) is 15.0. The Morgan fingerprint density at radius 1 is 1.47 bits per heavy atom. The van der Waals surface area contributed by atoms with Crippen molar-refractivity contribution in [1.82, 2.24) is 10.0 Å². The molecule has 0 amide bonds. The van der Waals surface area contributed by atoms with Crippen molar-refractivity contribution in [3.8, 4) is 0 Å². The average molecular weight is 302 g/mol. The Morgan fingerprint density at radius 2 is 2.21 bits per heavy atom. The number of nitrogens with one attached hydrogen (secondary N) is 2. The van der Waals surface area contributed by atoms with E-state index < -0.39 is 10.0 Å². The van der Waals surface area contributed by atoms with Crippen molar-refractivity contribution < 1.29 is 8.42 Å². The first-order chi connectivity index (χ1) is 8.81. The Hall–Kier alpha value is -0.430. The lowest BCUT2D eigenvalue weighted by Crippen LogP contribution is -2.52. The van der Waals surface area contributed by atoms with Crippen molar-refractivity contribution in [3.63, 3.8) is 0 Å². The molecule has 108 valence electrons. The second-order valence-electron chi connectivity index (χ2n) is 5.82. The number of piperidine rings is 1. The van der Waals surface area contributed by atoms with E-state index in [1.54, 1.807) is 6.07 Å². The Morgan fingerprint density at radius 3 is 2.79 bits per heavy atom. The molecule has 1 aromatic heterocycles. The summed E-state index contributed by atoms with van der Waals surface area (Å²) in [6.45, 7) is 7.70. The van der Waals surface area contributed by atoms with Gasteiger partial charge in [-0.05, 0) is 43.9 Å². The molecule has 0 aromatic carbocycles. The molecule has 1 aliphatic heterocycles. The summed E-state index contributed by atoms with van der Waals surface area (Å²) in [4.78, 5) is 1.01. The fraction of sp³-hybridized carbons (Fsp3) is 0.692. The highest BCUT2D eigenvalue weighted by molar-refractivity contribution is 7.91. The molecule has 0 bridgehead atoms. The quantitative estimate of drug-likeness (QED) is 0.895. The molecule has 2 rings (SSSR count). The summed E-state index contributed by atoms with van der Waals surface area (Å²) in [6.07, 6.45) is 2.28. The largest absolute Gasteiger partial charge is 0.312 e. The summed E-state index contributed by atoms with van der Waals surface area (Å²) in [5.74, 6) is 0. The predicted molar refractivity (Wildman–Crippen MR) is 79.1 cm³/mol. The molecule has 1 aliphatic rings. The SMILES string of the molecule is Cc1ccc(S(=O)(=O)NCC2NCCCC2(C)C)s1. The normalized spacial score (nSPS) is 23.4. The molecular weight excluding hydrogens is 280 g/mol. The molecule has 0 aliphatic carbocycles. The van der Waals surface area contributed by atoms with Crippen molar-refractivity contribution in [1.29, 1.82) is 0 Å². The van der Waals surface area contributed by atoms with E-state index in [4.69, 9.17) is 0 Å². The van der Waals surface area contributed by atoms with Crippen LogP contribution in [0.15, 0.2) is 16.3 Å². The van der Waals surface area contributed by atoms with E-state index in [1.165, 1.54) is 11.3 Å². The second-order valence-corrected chi connectivity index (χ2v) is 9.10. The maximum atomic E-state index is 12.2. The molecule has 0 radical (unpaired) electrons. The van der Waals surface area contributed by atoms with E-state index in [0.29, 0.717) is 10.8 Å². The summed E-state index contributed by atoms with van der Waals surface area (Å²) < 4.78 is 27.5. The van der Waals surface area contributed by atoms with Crippen LogP contribution in [-0.2, 0) is 10.0 Å². The van der Waals surface area contributed by atoms with Crippen LogP contribution in [0.3, 0.4) is 0 Å². The molecule has 1 saturated heterocycles. The lowest BCUT2D eigenvalue weighted by Gasteiger charge is -2.39. The minimum Gasteiger partial charge on any atom is -0.312 e. The molecule has 0 spiro atoms. The van der Waals surface area contributed by atoms with Crippen LogP contribution in [0, 0.1) is 12.3 Å². The minimum atomic E-state index is -3.36. The van der Waals surface area contributed by atoms with Crippen LogP contribution in [0.4, 0.5) is 0 Å². The predicted octanol–water partition coefficient (Wildman–Crippen LogP) is 2.11. The van der Waals surface area contributed by atoms with E-state index in [1.807, 2.05) is 13.0 Å². The van der Waals surface area contributed by atoms with Crippen LogP contribution >= 0.6 is 11.3 Å². The smallest absolute Gasteiger partial charge is 0.250 e. The fourth-order valence-corrected chi connectivity index (χ4v) is 4.81. The van der Waals surface area contributed by atoms with Crippen LogP contribution in [-0.4, -0.2) is 27.5 Å².